The molecule has 1 amide bonds. The number of carbonyl (C=O) groups excluding carboxylic acids is 1. The van der Waals surface area contributed by atoms with E-state index in [4.69, 9.17) is 5.26 Å². The molecule has 2 heterocycles. The largest absolute Gasteiger partial charge is 0.331 e. The van der Waals surface area contributed by atoms with E-state index >= 15 is 0 Å². The molecule has 1 N–H and O–H groups in total. The van der Waals surface area contributed by atoms with E-state index in [9.17, 15) is 14.4 Å². The van der Waals surface area contributed by atoms with Crippen molar-refractivity contribution in [1.29, 1.82) is 5.26 Å². The van der Waals surface area contributed by atoms with E-state index in [1.807, 2.05) is 17.5 Å². The van der Waals surface area contributed by atoms with Crippen LogP contribution in [0.3, 0.4) is 0 Å². The number of rotatable bonds is 5. The van der Waals surface area contributed by atoms with Gasteiger partial charge < -0.3 is 5.32 Å². The Labute approximate surface area is 183 Å². The molecule has 9 heteroatoms. The highest BCUT2D eigenvalue weighted by atomic mass is 32.1. The predicted molar refractivity (Wildman–Crippen MR) is 120 cm³/mol. The van der Waals surface area contributed by atoms with Gasteiger partial charge in [-0.1, -0.05) is 45.0 Å². The zero-order valence-electron chi connectivity index (χ0n) is 17.8. The molecule has 0 fully saturated rings. The van der Waals surface area contributed by atoms with Gasteiger partial charge in [0.05, 0.1) is 5.69 Å². The smallest absolute Gasteiger partial charge is 0.300 e. The van der Waals surface area contributed by atoms with Crippen molar-refractivity contribution in [3.8, 4) is 17.3 Å². The van der Waals surface area contributed by atoms with Gasteiger partial charge in [0, 0.05) is 23.7 Å². The van der Waals surface area contributed by atoms with Gasteiger partial charge in [-0.2, -0.15) is 5.26 Å². The molecular formula is C22H23N5O3S. The van der Waals surface area contributed by atoms with Crippen LogP contribution in [-0.4, -0.2) is 20.0 Å². The van der Waals surface area contributed by atoms with Crippen LogP contribution in [0.15, 0.2) is 45.4 Å². The molecule has 0 spiro atoms. The highest BCUT2D eigenvalue weighted by Crippen LogP contribution is 2.28. The Morgan fingerprint density at radius 2 is 1.90 bits per heavy atom. The molecule has 0 unspecified atom stereocenters. The number of nitriles is 1. The van der Waals surface area contributed by atoms with Crippen molar-refractivity contribution >= 4 is 22.4 Å². The van der Waals surface area contributed by atoms with Crippen LogP contribution in [0.2, 0.25) is 0 Å². The molecule has 0 saturated heterocycles. The quantitative estimate of drug-likeness (QED) is 0.660. The normalized spacial score (nSPS) is 11.2. The lowest BCUT2D eigenvalue weighted by molar-refractivity contribution is -0.116. The summed E-state index contributed by atoms with van der Waals surface area (Å²) in [5.74, 6) is -0.569. The van der Waals surface area contributed by atoms with Crippen molar-refractivity contribution in [2.75, 3.05) is 5.32 Å². The topological polar surface area (TPSA) is 110 Å². The van der Waals surface area contributed by atoms with Crippen molar-refractivity contribution in [3.63, 3.8) is 0 Å². The third-order valence-electron chi connectivity index (χ3n) is 4.80. The third kappa shape index (κ3) is 4.81. The molecule has 0 atom stereocenters. The van der Waals surface area contributed by atoms with E-state index in [0.29, 0.717) is 5.13 Å². The summed E-state index contributed by atoms with van der Waals surface area (Å²) in [7, 11) is 0. The molecule has 0 aliphatic rings. The van der Waals surface area contributed by atoms with Crippen LogP contribution in [0.1, 0.15) is 38.8 Å². The van der Waals surface area contributed by atoms with Gasteiger partial charge in [-0.05, 0) is 17.9 Å². The van der Waals surface area contributed by atoms with E-state index in [1.54, 1.807) is 13.0 Å². The highest BCUT2D eigenvalue weighted by Gasteiger charge is 2.16. The molecule has 8 nitrogen and oxygen atoms in total. The average Bonchev–Trinajstić information content (AvgIpc) is 3.19. The Morgan fingerprint density at radius 1 is 1.23 bits per heavy atom. The van der Waals surface area contributed by atoms with Crippen LogP contribution >= 0.6 is 11.3 Å². The summed E-state index contributed by atoms with van der Waals surface area (Å²) in [6.07, 6.45) is 1.21. The summed E-state index contributed by atoms with van der Waals surface area (Å²) in [5.41, 5.74) is 1.29. The van der Waals surface area contributed by atoms with Crippen LogP contribution in [0.5, 0.6) is 0 Å². The number of aryl methyl sites for hydroxylation is 1. The molecule has 0 bridgehead atoms. The van der Waals surface area contributed by atoms with Crippen LogP contribution < -0.4 is 16.6 Å². The van der Waals surface area contributed by atoms with Crippen molar-refractivity contribution in [2.24, 2.45) is 0 Å². The monoisotopic (exact) mass is 437 g/mol. The van der Waals surface area contributed by atoms with Gasteiger partial charge in [-0.3, -0.25) is 14.2 Å². The number of anilines is 1. The molecule has 160 valence electrons. The lowest BCUT2D eigenvalue weighted by atomic mass is 9.86. The Bertz CT molecular complexity index is 1270. The maximum absolute atomic E-state index is 12.5. The Balaban J connectivity index is 1.78. The number of thiazole rings is 1. The number of nitrogens with one attached hydrogen (secondary N) is 1. The number of hydrogen-bond acceptors (Lipinski definition) is 6. The summed E-state index contributed by atoms with van der Waals surface area (Å²) in [6.45, 7) is 7.92. The molecule has 0 radical (unpaired) electrons. The van der Waals surface area contributed by atoms with E-state index in [2.05, 4.69) is 43.2 Å². The SMILES string of the molecule is CCn1cc(C#N)c(=O)n(CC(=O)Nc2nc(-c3ccc(C(C)(C)C)cc3)cs2)c1=O. The van der Waals surface area contributed by atoms with E-state index in [0.717, 1.165) is 15.8 Å². The fraction of sp³-hybridized carbons (Fsp3) is 0.318. The van der Waals surface area contributed by atoms with E-state index in [-0.39, 0.29) is 17.5 Å². The number of hydrogen-bond donors (Lipinski definition) is 1. The Morgan fingerprint density at radius 3 is 2.48 bits per heavy atom. The maximum atomic E-state index is 12.5. The van der Waals surface area contributed by atoms with Gasteiger partial charge in [-0.25, -0.2) is 14.3 Å². The number of carbonyl (C=O) groups is 1. The molecule has 2 aromatic heterocycles. The second-order valence-corrected chi connectivity index (χ2v) is 8.89. The zero-order valence-corrected chi connectivity index (χ0v) is 18.6. The molecule has 3 aromatic rings. The first-order valence-electron chi connectivity index (χ1n) is 9.74. The fourth-order valence-electron chi connectivity index (χ4n) is 3.00. The van der Waals surface area contributed by atoms with Crippen LogP contribution in [0.4, 0.5) is 5.13 Å². The summed E-state index contributed by atoms with van der Waals surface area (Å²) in [4.78, 5) is 41.6. The first kappa shape index (κ1) is 22.2. The minimum atomic E-state index is -0.786. The van der Waals surface area contributed by atoms with Crippen LogP contribution in [-0.2, 0) is 23.3 Å². The van der Waals surface area contributed by atoms with Gasteiger partial charge in [0.2, 0.25) is 5.91 Å². The first-order valence-corrected chi connectivity index (χ1v) is 10.6. The van der Waals surface area contributed by atoms with Gasteiger partial charge >= 0.3 is 5.69 Å². The van der Waals surface area contributed by atoms with Gasteiger partial charge in [0.1, 0.15) is 18.2 Å². The van der Waals surface area contributed by atoms with Gasteiger partial charge in [0.15, 0.2) is 5.13 Å². The second kappa shape index (κ2) is 8.70. The summed E-state index contributed by atoms with van der Waals surface area (Å²) in [5, 5.41) is 13.9. The standard InChI is InChI=1S/C22H23N5O3S/c1-5-26-11-15(10-23)19(29)27(21(26)30)12-18(28)25-20-24-17(13-31-20)14-6-8-16(9-7-14)22(2,3)4/h6-9,11,13H,5,12H2,1-4H3,(H,24,25,28). The summed E-state index contributed by atoms with van der Waals surface area (Å²) < 4.78 is 1.98. The van der Waals surface area contributed by atoms with Crippen molar-refractivity contribution < 1.29 is 4.79 Å². The second-order valence-electron chi connectivity index (χ2n) is 8.03. The molecule has 31 heavy (non-hydrogen) atoms. The maximum Gasteiger partial charge on any atom is 0.331 e. The number of aromatic nitrogens is 3. The highest BCUT2D eigenvalue weighted by molar-refractivity contribution is 7.14. The first-order chi connectivity index (χ1) is 14.6. The molecular weight excluding hydrogens is 414 g/mol. The lowest BCUT2D eigenvalue weighted by Gasteiger charge is -2.18. The molecule has 0 saturated carbocycles. The molecule has 3 rings (SSSR count). The van der Waals surface area contributed by atoms with Gasteiger partial charge in [-0.15, -0.1) is 11.3 Å². The minimum absolute atomic E-state index is 0.0526. The number of amides is 1. The molecule has 1 aromatic carbocycles. The molecule has 0 aliphatic heterocycles. The number of benzene rings is 1. The van der Waals surface area contributed by atoms with Crippen LogP contribution in [0.25, 0.3) is 11.3 Å². The average molecular weight is 438 g/mol. The van der Waals surface area contributed by atoms with Crippen molar-refractivity contribution in [3.05, 3.63) is 67.8 Å². The molecule has 0 aliphatic carbocycles. The third-order valence-corrected chi connectivity index (χ3v) is 5.55. The number of nitrogens with zero attached hydrogens (tertiary/aromatic N) is 4. The lowest BCUT2D eigenvalue weighted by Crippen LogP contribution is -2.43. The zero-order chi connectivity index (χ0) is 22.8. The van der Waals surface area contributed by atoms with Gasteiger partial charge in [0.25, 0.3) is 5.56 Å². The van der Waals surface area contributed by atoms with Crippen molar-refractivity contribution in [2.45, 2.75) is 46.2 Å². The minimum Gasteiger partial charge on any atom is -0.300 e. The fourth-order valence-corrected chi connectivity index (χ4v) is 3.74. The summed E-state index contributed by atoms with van der Waals surface area (Å²) in [6, 6.07) is 9.85. The van der Waals surface area contributed by atoms with Crippen LogP contribution in [0, 0.1) is 11.3 Å². The Hall–Kier alpha value is -3.51. The van der Waals surface area contributed by atoms with E-state index in [1.165, 1.54) is 27.7 Å². The summed E-state index contributed by atoms with van der Waals surface area (Å²) >= 11 is 1.25. The van der Waals surface area contributed by atoms with E-state index < -0.39 is 23.7 Å². The predicted octanol–water partition coefficient (Wildman–Crippen LogP) is 2.96. The Kier molecular flexibility index (Phi) is 6.22. The van der Waals surface area contributed by atoms with Crippen molar-refractivity contribution in [1.82, 2.24) is 14.1 Å².